The van der Waals surface area contributed by atoms with E-state index in [9.17, 15) is 9.59 Å². The predicted octanol–water partition coefficient (Wildman–Crippen LogP) is 4.02. The molecular formula is C23H23N3O3. The summed E-state index contributed by atoms with van der Waals surface area (Å²) in [5, 5.41) is 7.63. The Morgan fingerprint density at radius 3 is 2.59 bits per heavy atom. The molecule has 4 rings (SSSR count). The number of anilines is 1. The molecule has 3 aromatic rings. The summed E-state index contributed by atoms with van der Waals surface area (Å²) in [6, 6.07) is 13.1. The van der Waals surface area contributed by atoms with Gasteiger partial charge < -0.3 is 10.1 Å². The van der Waals surface area contributed by atoms with Crippen LogP contribution in [0.2, 0.25) is 0 Å². The topological polar surface area (TPSA) is 73.2 Å². The number of esters is 1. The SMILES string of the molecule is COC(=O)c1ccc(NC(=O)c2nn(-c3ccccc3C)c3c2CCC3)c(C)c1. The van der Waals surface area contributed by atoms with E-state index in [0.29, 0.717) is 16.9 Å². The van der Waals surface area contributed by atoms with Gasteiger partial charge in [0.2, 0.25) is 0 Å². The van der Waals surface area contributed by atoms with Crippen LogP contribution in [0.3, 0.4) is 0 Å². The Labute approximate surface area is 169 Å². The maximum absolute atomic E-state index is 13.1. The fourth-order valence-electron chi connectivity index (χ4n) is 3.85. The third-order valence-electron chi connectivity index (χ3n) is 5.38. The number of nitrogens with zero attached hydrogens (tertiary/aromatic N) is 2. The zero-order valence-corrected chi connectivity index (χ0v) is 16.8. The number of para-hydroxylation sites is 1. The van der Waals surface area contributed by atoms with Crippen molar-refractivity contribution in [2.24, 2.45) is 0 Å². The van der Waals surface area contributed by atoms with E-state index in [1.807, 2.05) is 42.8 Å². The van der Waals surface area contributed by atoms with Gasteiger partial charge in [-0.25, -0.2) is 9.48 Å². The van der Waals surface area contributed by atoms with Crippen molar-refractivity contribution < 1.29 is 14.3 Å². The lowest BCUT2D eigenvalue weighted by Gasteiger charge is -2.10. The molecule has 0 aliphatic heterocycles. The van der Waals surface area contributed by atoms with Crippen LogP contribution in [-0.2, 0) is 17.6 Å². The molecule has 148 valence electrons. The Balaban J connectivity index is 1.66. The molecule has 0 fully saturated rings. The molecule has 0 saturated heterocycles. The number of fused-ring (bicyclic) bond motifs is 1. The summed E-state index contributed by atoms with van der Waals surface area (Å²) in [6.07, 6.45) is 2.78. The molecule has 1 heterocycles. The Kier molecular flexibility index (Phi) is 4.92. The average Bonchev–Trinajstić information content (AvgIpc) is 3.32. The van der Waals surface area contributed by atoms with Gasteiger partial charge in [0, 0.05) is 16.9 Å². The van der Waals surface area contributed by atoms with Crippen LogP contribution in [0.5, 0.6) is 0 Å². The van der Waals surface area contributed by atoms with Crippen LogP contribution in [0.1, 0.15) is 49.7 Å². The minimum atomic E-state index is -0.402. The van der Waals surface area contributed by atoms with E-state index in [1.165, 1.54) is 7.11 Å². The molecule has 1 N–H and O–H groups in total. The fourth-order valence-corrected chi connectivity index (χ4v) is 3.85. The summed E-state index contributed by atoms with van der Waals surface area (Å²) in [4.78, 5) is 24.7. The van der Waals surface area contributed by atoms with Crippen LogP contribution in [0.25, 0.3) is 5.69 Å². The Bertz CT molecular complexity index is 1110. The summed E-state index contributed by atoms with van der Waals surface area (Å²) in [5.41, 5.74) is 6.62. The van der Waals surface area contributed by atoms with Crippen LogP contribution in [0.15, 0.2) is 42.5 Å². The van der Waals surface area contributed by atoms with Gasteiger partial charge in [-0.2, -0.15) is 5.10 Å². The first-order chi connectivity index (χ1) is 14.0. The third kappa shape index (κ3) is 3.42. The highest BCUT2D eigenvalue weighted by Gasteiger charge is 2.27. The molecule has 0 bridgehead atoms. The van der Waals surface area contributed by atoms with Crippen LogP contribution < -0.4 is 5.32 Å². The predicted molar refractivity (Wildman–Crippen MR) is 111 cm³/mol. The summed E-state index contributed by atoms with van der Waals surface area (Å²) in [6.45, 7) is 3.89. The highest BCUT2D eigenvalue weighted by molar-refractivity contribution is 6.05. The summed E-state index contributed by atoms with van der Waals surface area (Å²) < 4.78 is 6.66. The van der Waals surface area contributed by atoms with Crippen molar-refractivity contribution in [3.8, 4) is 5.69 Å². The minimum Gasteiger partial charge on any atom is -0.465 e. The minimum absolute atomic E-state index is 0.232. The van der Waals surface area contributed by atoms with Gasteiger partial charge in [0.05, 0.1) is 18.4 Å². The zero-order valence-electron chi connectivity index (χ0n) is 16.8. The van der Waals surface area contributed by atoms with E-state index < -0.39 is 5.97 Å². The van der Waals surface area contributed by atoms with Gasteiger partial charge in [-0.3, -0.25) is 4.79 Å². The van der Waals surface area contributed by atoms with Gasteiger partial charge in [-0.05, 0) is 68.5 Å². The highest BCUT2D eigenvalue weighted by Crippen LogP contribution is 2.29. The number of carbonyl (C=O) groups excluding carboxylic acids is 2. The average molecular weight is 389 g/mol. The van der Waals surface area contributed by atoms with Crippen molar-refractivity contribution in [2.75, 3.05) is 12.4 Å². The maximum atomic E-state index is 13.1. The fraction of sp³-hybridized carbons (Fsp3) is 0.261. The highest BCUT2D eigenvalue weighted by atomic mass is 16.5. The third-order valence-corrected chi connectivity index (χ3v) is 5.38. The normalized spacial score (nSPS) is 12.5. The number of hydrogen-bond donors (Lipinski definition) is 1. The number of hydrogen-bond acceptors (Lipinski definition) is 4. The lowest BCUT2D eigenvalue weighted by molar-refractivity contribution is 0.0600. The molecule has 0 radical (unpaired) electrons. The van der Waals surface area contributed by atoms with E-state index in [1.54, 1.807) is 18.2 Å². The van der Waals surface area contributed by atoms with Crippen LogP contribution in [0.4, 0.5) is 5.69 Å². The molecule has 6 heteroatoms. The van der Waals surface area contributed by atoms with Gasteiger partial charge in [-0.1, -0.05) is 18.2 Å². The number of rotatable bonds is 4. The molecule has 0 atom stereocenters. The van der Waals surface area contributed by atoms with Crippen molar-refractivity contribution in [3.05, 3.63) is 76.1 Å². The van der Waals surface area contributed by atoms with E-state index in [4.69, 9.17) is 4.74 Å². The van der Waals surface area contributed by atoms with Gasteiger partial charge in [0.15, 0.2) is 5.69 Å². The van der Waals surface area contributed by atoms with E-state index >= 15 is 0 Å². The number of amides is 1. The first kappa shape index (κ1) is 18.9. The zero-order chi connectivity index (χ0) is 20.5. The lowest BCUT2D eigenvalue weighted by Crippen LogP contribution is -2.16. The Morgan fingerprint density at radius 2 is 1.86 bits per heavy atom. The van der Waals surface area contributed by atoms with Gasteiger partial charge in [0.25, 0.3) is 5.91 Å². The molecule has 2 aromatic carbocycles. The van der Waals surface area contributed by atoms with Gasteiger partial charge in [-0.15, -0.1) is 0 Å². The molecule has 0 spiro atoms. The maximum Gasteiger partial charge on any atom is 0.337 e. The molecule has 29 heavy (non-hydrogen) atoms. The second-order valence-corrected chi connectivity index (χ2v) is 7.30. The first-order valence-corrected chi connectivity index (χ1v) is 9.66. The van der Waals surface area contributed by atoms with E-state index in [2.05, 4.69) is 10.4 Å². The van der Waals surface area contributed by atoms with Crippen molar-refractivity contribution in [1.82, 2.24) is 9.78 Å². The first-order valence-electron chi connectivity index (χ1n) is 9.66. The van der Waals surface area contributed by atoms with Crippen molar-refractivity contribution >= 4 is 17.6 Å². The Morgan fingerprint density at radius 1 is 1.07 bits per heavy atom. The van der Waals surface area contributed by atoms with E-state index in [-0.39, 0.29) is 5.91 Å². The number of nitrogens with one attached hydrogen (secondary N) is 1. The monoisotopic (exact) mass is 389 g/mol. The summed E-state index contributed by atoms with van der Waals surface area (Å²) in [7, 11) is 1.35. The quantitative estimate of drug-likeness (QED) is 0.684. The molecule has 1 aliphatic rings. The number of carbonyl (C=O) groups is 2. The standard InChI is InChI=1S/C23H23N3O3/c1-14-7-4-5-9-19(14)26-20-10-6-8-17(20)21(25-26)22(27)24-18-12-11-16(13-15(18)2)23(28)29-3/h4-5,7,9,11-13H,6,8,10H2,1-3H3,(H,24,27). The van der Waals surface area contributed by atoms with Crippen LogP contribution >= 0.6 is 0 Å². The van der Waals surface area contributed by atoms with Crippen LogP contribution in [-0.4, -0.2) is 28.8 Å². The van der Waals surface area contributed by atoms with Crippen molar-refractivity contribution in [1.29, 1.82) is 0 Å². The second-order valence-electron chi connectivity index (χ2n) is 7.30. The number of aryl methyl sites for hydroxylation is 2. The number of ether oxygens (including phenoxy) is 1. The molecule has 0 saturated carbocycles. The number of aromatic nitrogens is 2. The van der Waals surface area contributed by atoms with Crippen LogP contribution in [0, 0.1) is 13.8 Å². The molecular weight excluding hydrogens is 366 g/mol. The van der Waals surface area contributed by atoms with E-state index in [0.717, 1.165) is 47.3 Å². The summed E-state index contributed by atoms with van der Waals surface area (Å²) in [5.74, 6) is -0.634. The number of methoxy groups -OCH3 is 1. The second kappa shape index (κ2) is 7.54. The number of benzene rings is 2. The molecule has 1 aliphatic carbocycles. The lowest BCUT2D eigenvalue weighted by atomic mass is 10.1. The largest absolute Gasteiger partial charge is 0.465 e. The smallest absolute Gasteiger partial charge is 0.337 e. The summed E-state index contributed by atoms with van der Waals surface area (Å²) >= 11 is 0. The molecule has 0 unspecified atom stereocenters. The Hall–Kier alpha value is -3.41. The van der Waals surface area contributed by atoms with Crippen molar-refractivity contribution in [3.63, 3.8) is 0 Å². The molecule has 6 nitrogen and oxygen atoms in total. The molecule has 1 amide bonds. The van der Waals surface area contributed by atoms with Gasteiger partial charge >= 0.3 is 5.97 Å². The van der Waals surface area contributed by atoms with Crippen molar-refractivity contribution in [2.45, 2.75) is 33.1 Å². The molecule has 1 aromatic heterocycles. The van der Waals surface area contributed by atoms with Gasteiger partial charge in [0.1, 0.15) is 0 Å².